The number of fused-ring (bicyclic) bond motifs is 1. The van der Waals surface area contributed by atoms with Gasteiger partial charge in [-0.2, -0.15) is 0 Å². The van der Waals surface area contributed by atoms with Gasteiger partial charge in [0.05, 0.1) is 7.11 Å². The lowest BCUT2D eigenvalue weighted by Crippen LogP contribution is -2.49. The molecule has 0 bridgehead atoms. The van der Waals surface area contributed by atoms with Crippen LogP contribution in [0.5, 0.6) is 5.75 Å². The summed E-state index contributed by atoms with van der Waals surface area (Å²) in [5.41, 5.74) is 2.37. The number of carbonyl (C=O) groups is 2. The Morgan fingerprint density at radius 3 is 2.81 bits per heavy atom. The summed E-state index contributed by atoms with van der Waals surface area (Å²) < 4.78 is 5.20. The van der Waals surface area contributed by atoms with Crippen molar-refractivity contribution in [2.24, 2.45) is 0 Å². The van der Waals surface area contributed by atoms with E-state index in [4.69, 9.17) is 4.74 Å². The van der Waals surface area contributed by atoms with E-state index in [1.165, 1.54) is 0 Å². The van der Waals surface area contributed by atoms with Crippen LogP contribution in [0.2, 0.25) is 0 Å². The van der Waals surface area contributed by atoms with Crippen molar-refractivity contribution in [3.05, 3.63) is 60.3 Å². The van der Waals surface area contributed by atoms with E-state index < -0.39 is 6.04 Å². The van der Waals surface area contributed by atoms with Gasteiger partial charge in [0, 0.05) is 47.4 Å². The van der Waals surface area contributed by atoms with E-state index in [1.54, 1.807) is 24.1 Å². The minimum absolute atomic E-state index is 0.0129. The molecule has 4 rings (SSSR count). The number of nitrogens with zero attached hydrogens (tertiary/aromatic N) is 1. The lowest BCUT2D eigenvalue weighted by atomic mass is 9.99. The molecule has 26 heavy (non-hydrogen) atoms. The Labute approximate surface area is 150 Å². The molecule has 0 spiro atoms. The summed E-state index contributed by atoms with van der Waals surface area (Å²) >= 11 is 0. The molecule has 2 N–H and O–H groups in total. The number of amides is 2. The first-order valence-electron chi connectivity index (χ1n) is 8.48. The lowest BCUT2D eigenvalue weighted by Gasteiger charge is -2.37. The first kappa shape index (κ1) is 16.2. The molecule has 1 fully saturated rings. The number of ether oxygens (including phenoxy) is 1. The second-order valence-electron chi connectivity index (χ2n) is 6.25. The fourth-order valence-electron chi connectivity index (χ4n) is 3.29. The minimum atomic E-state index is -0.668. The molecule has 2 amide bonds. The van der Waals surface area contributed by atoms with Crippen molar-refractivity contribution in [2.75, 3.05) is 19.0 Å². The lowest BCUT2D eigenvalue weighted by molar-refractivity contribution is -0.147. The van der Waals surface area contributed by atoms with E-state index >= 15 is 0 Å². The average Bonchev–Trinajstić information content (AvgIpc) is 3.08. The van der Waals surface area contributed by atoms with Crippen molar-refractivity contribution in [3.63, 3.8) is 0 Å². The summed E-state index contributed by atoms with van der Waals surface area (Å²) in [6.45, 7) is 0.578. The molecular weight excluding hydrogens is 330 g/mol. The average molecular weight is 349 g/mol. The smallest absolute Gasteiger partial charge is 0.251 e. The molecule has 6 heteroatoms. The monoisotopic (exact) mass is 349 g/mol. The highest BCUT2D eigenvalue weighted by Crippen LogP contribution is 2.33. The van der Waals surface area contributed by atoms with Gasteiger partial charge in [0.1, 0.15) is 11.8 Å². The number of aromatic nitrogens is 1. The Hall–Kier alpha value is -3.28. The quantitative estimate of drug-likeness (QED) is 0.695. The SMILES string of the molecule is COc1cccc(NC(=O)[C@@H](c2c[nH]c3ccccc23)N2CCC2=O)c1. The fourth-order valence-corrected chi connectivity index (χ4v) is 3.29. The number of likely N-dealkylation sites (tertiary alicyclic amines) is 1. The molecule has 3 aromatic rings. The Balaban J connectivity index is 1.69. The van der Waals surface area contributed by atoms with Crippen LogP contribution in [0, 0.1) is 0 Å². The molecular formula is C20H19N3O3. The van der Waals surface area contributed by atoms with Gasteiger partial charge >= 0.3 is 0 Å². The number of rotatable bonds is 5. The molecule has 0 unspecified atom stereocenters. The Kier molecular flexibility index (Phi) is 4.08. The van der Waals surface area contributed by atoms with Gasteiger partial charge in [-0.15, -0.1) is 0 Å². The van der Waals surface area contributed by atoms with E-state index in [9.17, 15) is 9.59 Å². The highest BCUT2D eigenvalue weighted by atomic mass is 16.5. The molecule has 0 aliphatic carbocycles. The van der Waals surface area contributed by atoms with Crippen LogP contribution in [-0.4, -0.2) is 35.4 Å². The number of benzene rings is 2. The van der Waals surface area contributed by atoms with Crippen LogP contribution in [0.1, 0.15) is 18.0 Å². The number of nitrogens with one attached hydrogen (secondary N) is 2. The van der Waals surface area contributed by atoms with Crippen molar-refractivity contribution < 1.29 is 14.3 Å². The second-order valence-corrected chi connectivity index (χ2v) is 6.25. The number of H-pyrrole nitrogens is 1. The van der Waals surface area contributed by atoms with Gasteiger partial charge < -0.3 is 19.9 Å². The maximum absolute atomic E-state index is 13.1. The molecule has 1 atom stereocenters. The number of para-hydroxylation sites is 1. The molecule has 0 saturated carbocycles. The molecule has 1 saturated heterocycles. The number of aromatic amines is 1. The number of anilines is 1. The molecule has 2 heterocycles. The molecule has 132 valence electrons. The van der Waals surface area contributed by atoms with Crippen molar-refractivity contribution >= 4 is 28.4 Å². The van der Waals surface area contributed by atoms with E-state index in [1.807, 2.05) is 42.6 Å². The zero-order valence-electron chi connectivity index (χ0n) is 14.4. The maximum atomic E-state index is 13.1. The van der Waals surface area contributed by atoms with Crippen molar-refractivity contribution in [1.82, 2.24) is 9.88 Å². The van der Waals surface area contributed by atoms with Crippen LogP contribution in [0.4, 0.5) is 5.69 Å². The normalized spacial score (nSPS) is 14.8. The number of β-lactam (4-membered cyclic amide) rings is 1. The molecule has 1 aliphatic heterocycles. The highest BCUT2D eigenvalue weighted by molar-refractivity contribution is 6.01. The zero-order valence-corrected chi connectivity index (χ0v) is 14.4. The van der Waals surface area contributed by atoms with Gasteiger partial charge in [-0.3, -0.25) is 9.59 Å². The number of hydrogen-bond acceptors (Lipinski definition) is 3. The summed E-state index contributed by atoms with van der Waals surface area (Å²) in [4.78, 5) is 30.0. The van der Waals surface area contributed by atoms with Crippen molar-refractivity contribution in [3.8, 4) is 5.75 Å². The first-order valence-corrected chi connectivity index (χ1v) is 8.48. The Morgan fingerprint density at radius 2 is 2.08 bits per heavy atom. The van der Waals surface area contributed by atoms with Crippen molar-refractivity contribution in [2.45, 2.75) is 12.5 Å². The second kappa shape index (κ2) is 6.55. The third kappa shape index (κ3) is 2.79. The van der Waals surface area contributed by atoms with E-state index in [0.29, 0.717) is 24.4 Å². The molecule has 1 aromatic heterocycles. The van der Waals surface area contributed by atoms with Crippen LogP contribution in [0.25, 0.3) is 10.9 Å². The van der Waals surface area contributed by atoms with Gasteiger partial charge in [-0.05, 0) is 18.2 Å². The third-order valence-electron chi connectivity index (χ3n) is 4.70. The minimum Gasteiger partial charge on any atom is -0.497 e. The fraction of sp³-hybridized carbons (Fsp3) is 0.200. The molecule has 2 aromatic carbocycles. The predicted octanol–water partition coefficient (Wildman–Crippen LogP) is 3.09. The van der Waals surface area contributed by atoms with Gasteiger partial charge in [-0.25, -0.2) is 0 Å². The number of methoxy groups -OCH3 is 1. The Morgan fingerprint density at radius 1 is 1.23 bits per heavy atom. The summed E-state index contributed by atoms with van der Waals surface area (Å²) in [5, 5.41) is 3.86. The predicted molar refractivity (Wildman–Crippen MR) is 99.0 cm³/mol. The van der Waals surface area contributed by atoms with Gasteiger partial charge in [0.25, 0.3) is 5.91 Å². The van der Waals surface area contributed by atoms with Crippen LogP contribution in [0.3, 0.4) is 0 Å². The van der Waals surface area contributed by atoms with Crippen LogP contribution < -0.4 is 10.1 Å². The zero-order chi connectivity index (χ0) is 18.1. The molecule has 0 radical (unpaired) electrons. The standard InChI is InChI=1S/C20H19N3O3/c1-26-14-6-4-5-13(11-14)22-20(25)19(23-10-9-18(23)24)16-12-21-17-8-3-2-7-15(16)17/h2-8,11-12,19,21H,9-10H2,1H3,(H,22,25)/t19-/m1/s1. The van der Waals surface area contributed by atoms with E-state index in [-0.39, 0.29) is 11.8 Å². The summed E-state index contributed by atoms with van der Waals surface area (Å²) in [5.74, 6) is 0.406. The largest absolute Gasteiger partial charge is 0.497 e. The summed E-state index contributed by atoms with van der Waals surface area (Å²) in [6, 6.07) is 14.3. The van der Waals surface area contributed by atoms with Crippen molar-refractivity contribution in [1.29, 1.82) is 0 Å². The topological polar surface area (TPSA) is 74.4 Å². The van der Waals surface area contributed by atoms with Crippen LogP contribution in [0.15, 0.2) is 54.7 Å². The third-order valence-corrected chi connectivity index (χ3v) is 4.70. The van der Waals surface area contributed by atoms with Crippen LogP contribution in [-0.2, 0) is 9.59 Å². The van der Waals surface area contributed by atoms with Gasteiger partial charge in [0.2, 0.25) is 5.91 Å². The molecule has 1 aliphatic rings. The Bertz CT molecular complexity index is 979. The summed E-state index contributed by atoms with van der Waals surface area (Å²) in [7, 11) is 1.58. The summed E-state index contributed by atoms with van der Waals surface area (Å²) in [6.07, 6.45) is 2.29. The molecule has 6 nitrogen and oxygen atoms in total. The van der Waals surface area contributed by atoms with Gasteiger partial charge in [0.15, 0.2) is 0 Å². The van der Waals surface area contributed by atoms with E-state index in [2.05, 4.69) is 10.3 Å². The number of hydrogen-bond donors (Lipinski definition) is 2. The first-order chi connectivity index (χ1) is 12.7. The van der Waals surface area contributed by atoms with Gasteiger partial charge in [-0.1, -0.05) is 24.3 Å². The maximum Gasteiger partial charge on any atom is 0.251 e. The van der Waals surface area contributed by atoms with Crippen LogP contribution >= 0.6 is 0 Å². The van der Waals surface area contributed by atoms with E-state index in [0.717, 1.165) is 16.5 Å². The number of carbonyl (C=O) groups excluding carboxylic acids is 2. The highest BCUT2D eigenvalue weighted by Gasteiger charge is 2.38.